The van der Waals surface area contributed by atoms with Gasteiger partial charge in [0.15, 0.2) is 23.3 Å². The first kappa shape index (κ1) is 29.7. The fourth-order valence-corrected chi connectivity index (χ4v) is 4.98. The van der Waals surface area contributed by atoms with E-state index in [4.69, 9.17) is 24.3 Å². The third-order valence-corrected chi connectivity index (χ3v) is 7.18. The number of ether oxygens (including phenoxy) is 3. The van der Waals surface area contributed by atoms with Gasteiger partial charge in [-0.05, 0) is 65.2 Å². The molecule has 0 unspecified atom stereocenters. The summed E-state index contributed by atoms with van der Waals surface area (Å²) in [6, 6.07) is 27.4. The number of amides is 1. The third kappa shape index (κ3) is 6.84. The van der Waals surface area contributed by atoms with Gasteiger partial charge in [-0.3, -0.25) is 4.79 Å². The number of rotatable bonds is 12. The number of halogens is 2. The first-order chi connectivity index (χ1) is 20.9. The molecule has 0 aromatic heterocycles. The predicted octanol–water partition coefficient (Wildman–Crippen LogP) is 5.55. The number of aliphatic hydroxyl groups excluding tert-OH is 1. The van der Waals surface area contributed by atoms with E-state index in [0.717, 1.165) is 17.7 Å². The number of benzene rings is 4. The van der Waals surface area contributed by atoms with Gasteiger partial charge in [-0.1, -0.05) is 48.5 Å². The standard InChI is InChI=1S/C34H32F2N2O5/c1-41-28-10-5-9-26(20-28)31-34(21-23-7-3-2-4-8-23,33(40)37-22-24-11-16-29(35)30(36)19-24)38-32(43-31)25-12-14-27(15-13-25)42-18-6-17-39/h2-5,7-16,19-20,31,39H,6,17-18,21-22H2,1H3,(H,37,40)/t31-,34-/m1/s1. The van der Waals surface area contributed by atoms with Crippen LogP contribution in [0.15, 0.2) is 102 Å². The number of aliphatic hydroxyl groups is 1. The van der Waals surface area contributed by atoms with Crippen molar-refractivity contribution in [2.75, 3.05) is 20.3 Å². The van der Waals surface area contributed by atoms with Crippen LogP contribution in [0, 0.1) is 11.6 Å². The molecule has 0 radical (unpaired) electrons. The van der Waals surface area contributed by atoms with E-state index in [0.29, 0.717) is 41.2 Å². The predicted molar refractivity (Wildman–Crippen MR) is 158 cm³/mol. The Kier molecular flexibility index (Phi) is 9.32. The Hall–Kier alpha value is -4.76. The average molecular weight is 587 g/mol. The van der Waals surface area contributed by atoms with Crippen molar-refractivity contribution in [3.8, 4) is 11.5 Å². The Morgan fingerprint density at radius 2 is 1.72 bits per heavy atom. The van der Waals surface area contributed by atoms with E-state index in [1.807, 2.05) is 48.5 Å². The maximum Gasteiger partial charge on any atom is 0.252 e. The molecule has 1 amide bonds. The molecular weight excluding hydrogens is 554 g/mol. The zero-order valence-electron chi connectivity index (χ0n) is 23.6. The lowest BCUT2D eigenvalue weighted by molar-refractivity contribution is -0.129. The van der Waals surface area contributed by atoms with Crippen LogP contribution in [-0.4, -0.2) is 42.8 Å². The molecule has 0 saturated heterocycles. The minimum Gasteiger partial charge on any atom is -0.497 e. The Morgan fingerprint density at radius 3 is 2.44 bits per heavy atom. The van der Waals surface area contributed by atoms with Crippen LogP contribution in [0.3, 0.4) is 0 Å². The van der Waals surface area contributed by atoms with Crippen molar-refractivity contribution in [3.63, 3.8) is 0 Å². The van der Waals surface area contributed by atoms with Gasteiger partial charge in [0.1, 0.15) is 11.5 Å². The van der Waals surface area contributed by atoms with Crippen LogP contribution < -0.4 is 14.8 Å². The van der Waals surface area contributed by atoms with Gasteiger partial charge in [-0.2, -0.15) is 0 Å². The van der Waals surface area contributed by atoms with Gasteiger partial charge < -0.3 is 24.6 Å². The van der Waals surface area contributed by atoms with Gasteiger partial charge in [0.05, 0.1) is 13.7 Å². The van der Waals surface area contributed by atoms with E-state index < -0.39 is 29.2 Å². The van der Waals surface area contributed by atoms with Crippen LogP contribution in [-0.2, 0) is 22.5 Å². The molecule has 7 nitrogen and oxygen atoms in total. The summed E-state index contributed by atoms with van der Waals surface area (Å²) in [6.45, 7) is 0.377. The molecule has 0 bridgehead atoms. The van der Waals surface area contributed by atoms with Crippen LogP contribution in [0.25, 0.3) is 0 Å². The number of nitrogens with zero attached hydrogens (tertiary/aromatic N) is 1. The quantitative estimate of drug-likeness (QED) is 0.213. The first-order valence-electron chi connectivity index (χ1n) is 13.9. The van der Waals surface area contributed by atoms with E-state index in [2.05, 4.69) is 5.32 Å². The smallest absolute Gasteiger partial charge is 0.252 e. The summed E-state index contributed by atoms with van der Waals surface area (Å²) in [5.41, 5.74) is 1.13. The molecular formula is C34H32F2N2O5. The molecule has 5 rings (SSSR count). The summed E-state index contributed by atoms with van der Waals surface area (Å²) in [4.78, 5) is 19.3. The largest absolute Gasteiger partial charge is 0.497 e. The lowest BCUT2D eigenvalue weighted by Gasteiger charge is -2.31. The Morgan fingerprint density at radius 1 is 0.930 bits per heavy atom. The summed E-state index contributed by atoms with van der Waals surface area (Å²) in [5.74, 6) is -0.901. The number of carbonyl (C=O) groups is 1. The van der Waals surface area contributed by atoms with Crippen LogP contribution in [0.4, 0.5) is 8.78 Å². The van der Waals surface area contributed by atoms with Crippen LogP contribution in [0.5, 0.6) is 11.5 Å². The van der Waals surface area contributed by atoms with Crippen LogP contribution in [0.1, 0.15) is 34.8 Å². The second kappa shape index (κ2) is 13.5. The van der Waals surface area contributed by atoms with Gasteiger partial charge in [0.2, 0.25) is 5.90 Å². The Balaban J connectivity index is 1.55. The second-order valence-electron chi connectivity index (χ2n) is 10.2. The van der Waals surface area contributed by atoms with Crippen molar-refractivity contribution in [2.24, 2.45) is 4.99 Å². The summed E-state index contributed by atoms with van der Waals surface area (Å²) in [6.07, 6.45) is -0.129. The van der Waals surface area contributed by atoms with Crippen molar-refractivity contribution >= 4 is 11.8 Å². The first-order valence-corrected chi connectivity index (χ1v) is 13.9. The molecule has 1 aliphatic rings. The second-order valence-corrected chi connectivity index (χ2v) is 10.2. The van der Waals surface area contributed by atoms with E-state index in [9.17, 15) is 13.6 Å². The summed E-state index contributed by atoms with van der Waals surface area (Å²) in [7, 11) is 1.56. The van der Waals surface area contributed by atoms with E-state index in [-0.39, 0.29) is 25.5 Å². The molecule has 2 N–H and O–H groups in total. The molecule has 0 spiro atoms. The number of carbonyl (C=O) groups excluding carboxylic acids is 1. The zero-order valence-corrected chi connectivity index (χ0v) is 23.6. The molecule has 4 aromatic rings. The van der Waals surface area contributed by atoms with Crippen molar-refractivity contribution in [2.45, 2.75) is 31.0 Å². The molecule has 43 heavy (non-hydrogen) atoms. The Bertz CT molecular complexity index is 1580. The lowest BCUT2D eigenvalue weighted by Crippen LogP contribution is -2.49. The lowest BCUT2D eigenvalue weighted by atomic mass is 9.82. The highest BCUT2D eigenvalue weighted by molar-refractivity contribution is 6.01. The number of hydrogen-bond acceptors (Lipinski definition) is 6. The molecule has 0 fully saturated rings. The van der Waals surface area contributed by atoms with Crippen molar-refractivity contribution in [1.29, 1.82) is 0 Å². The highest BCUT2D eigenvalue weighted by atomic mass is 19.2. The van der Waals surface area contributed by atoms with Crippen molar-refractivity contribution in [1.82, 2.24) is 5.32 Å². The average Bonchev–Trinajstić information content (AvgIpc) is 3.42. The highest BCUT2D eigenvalue weighted by Crippen LogP contribution is 2.43. The fraction of sp³-hybridized carbons (Fsp3) is 0.235. The molecule has 9 heteroatoms. The number of methoxy groups -OCH3 is 1. The molecule has 222 valence electrons. The topological polar surface area (TPSA) is 89.4 Å². The maximum atomic E-state index is 14.3. The summed E-state index contributed by atoms with van der Waals surface area (Å²) >= 11 is 0. The minimum absolute atomic E-state index is 0.0377. The van der Waals surface area contributed by atoms with Gasteiger partial charge in [-0.25, -0.2) is 13.8 Å². The number of hydrogen-bond donors (Lipinski definition) is 2. The van der Waals surface area contributed by atoms with E-state index >= 15 is 0 Å². The van der Waals surface area contributed by atoms with Crippen molar-refractivity contribution in [3.05, 3.63) is 131 Å². The molecule has 0 aliphatic carbocycles. The van der Waals surface area contributed by atoms with Crippen molar-refractivity contribution < 1.29 is 32.9 Å². The zero-order chi connectivity index (χ0) is 30.2. The molecule has 2 atom stereocenters. The van der Waals surface area contributed by atoms with Crippen LogP contribution >= 0.6 is 0 Å². The Labute approximate surface area is 248 Å². The summed E-state index contributed by atoms with van der Waals surface area (Å²) < 4.78 is 45.1. The summed E-state index contributed by atoms with van der Waals surface area (Å²) in [5, 5.41) is 11.9. The highest BCUT2D eigenvalue weighted by Gasteiger charge is 2.53. The van der Waals surface area contributed by atoms with Gasteiger partial charge >= 0.3 is 0 Å². The normalized spacial score (nSPS) is 17.6. The van der Waals surface area contributed by atoms with Gasteiger partial charge in [0, 0.05) is 31.6 Å². The molecule has 1 heterocycles. The fourth-order valence-electron chi connectivity index (χ4n) is 4.98. The monoisotopic (exact) mass is 586 g/mol. The number of aliphatic imine (C=N–C) groups is 1. The molecule has 0 saturated carbocycles. The number of nitrogens with one attached hydrogen (secondary N) is 1. The van der Waals surface area contributed by atoms with Gasteiger partial charge in [0.25, 0.3) is 5.91 Å². The maximum absolute atomic E-state index is 14.3. The molecule has 4 aromatic carbocycles. The van der Waals surface area contributed by atoms with Crippen LogP contribution in [0.2, 0.25) is 0 Å². The minimum atomic E-state index is -1.46. The molecule has 1 aliphatic heterocycles. The van der Waals surface area contributed by atoms with E-state index in [1.165, 1.54) is 6.07 Å². The third-order valence-electron chi connectivity index (χ3n) is 7.18. The van der Waals surface area contributed by atoms with Gasteiger partial charge in [-0.15, -0.1) is 0 Å². The SMILES string of the molecule is COc1cccc([C@H]2OC(c3ccc(OCCCO)cc3)=N[C@@]2(Cc2ccccc2)C(=O)NCc2ccc(F)c(F)c2)c1. The van der Waals surface area contributed by atoms with E-state index in [1.54, 1.807) is 37.4 Å².